The highest BCUT2D eigenvalue weighted by Crippen LogP contribution is 2.33. The molecule has 3 aliphatic heterocycles. The number of anilines is 1. The fourth-order valence-corrected chi connectivity index (χ4v) is 6.08. The summed E-state index contributed by atoms with van der Waals surface area (Å²) in [5.74, 6) is 2.29. The topological polar surface area (TPSA) is 64.3 Å². The maximum atomic E-state index is 13.1. The molecule has 2 atom stereocenters. The van der Waals surface area contributed by atoms with Crippen LogP contribution in [0, 0.1) is 0 Å². The number of carbonyl (C=O) groups excluding carboxylic acids is 1. The van der Waals surface area contributed by atoms with Gasteiger partial charge in [-0.05, 0) is 50.9 Å². The molecule has 2 aromatic rings. The first-order chi connectivity index (χ1) is 13.7. The number of piperidine rings is 2. The SMILES string of the molecule is CN1C2CCCC1CC(NC(=O)c1n[nH]c3ccc(N4CCSCC4)cc13)C2. The van der Waals surface area contributed by atoms with Crippen molar-refractivity contribution in [2.45, 2.75) is 50.2 Å². The first kappa shape index (κ1) is 18.3. The summed E-state index contributed by atoms with van der Waals surface area (Å²) in [5.41, 5.74) is 2.66. The van der Waals surface area contributed by atoms with E-state index in [1.807, 2.05) is 11.8 Å². The number of nitrogens with one attached hydrogen (secondary N) is 2. The molecule has 3 saturated heterocycles. The molecule has 150 valence electrons. The van der Waals surface area contributed by atoms with Gasteiger partial charge in [0.2, 0.25) is 0 Å². The number of carbonyl (C=O) groups is 1. The Morgan fingerprint density at radius 2 is 1.96 bits per heavy atom. The standard InChI is InChI=1S/C21H29N5OS/c1-25-15-3-2-4-16(25)12-14(11-15)22-21(27)20-18-13-17(5-6-19(18)23-24-20)26-7-9-28-10-8-26/h5-6,13-16H,2-4,7-12H2,1H3,(H,22,27)(H,23,24). The summed E-state index contributed by atoms with van der Waals surface area (Å²) in [4.78, 5) is 18.0. The molecule has 0 radical (unpaired) electrons. The van der Waals surface area contributed by atoms with Gasteiger partial charge < -0.3 is 15.1 Å². The molecule has 6 nitrogen and oxygen atoms in total. The number of H-pyrrole nitrogens is 1. The lowest BCUT2D eigenvalue weighted by molar-refractivity contribution is 0.0462. The summed E-state index contributed by atoms with van der Waals surface area (Å²) in [5, 5.41) is 11.6. The second-order valence-electron chi connectivity index (χ2n) is 8.45. The van der Waals surface area contributed by atoms with E-state index in [1.165, 1.54) is 24.9 Å². The van der Waals surface area contributed by atoms with Crippen molar-refractivity contribution in [3.8, 4) is 0 Å². The van der Waals surface area contributed by atoms with Crippen molar-refractivity contribution >= 4 is 34.3 Å². The predicted octanol–water partition coefficient (Wildman–Crippen LogP) is 2.86. The second-order valence-corrected chi connectivity index (χ2v) is 9.67. The van der Waals surface area contributed by atoms with Gasteiger partial charge in [-0.3, -0.25) is 9.89 Å². The smallest absolute Gasteiger partial charge is 0.272 e. The van der Waals surface area contributed by atoms with Gasteiger partial charge in [0.05, 0.1) is 5.52 Å². The van der Waals surface area contributed by atoms with E-state index in [1.54, 1.807) is 0 Å². The largest absolute Gasteiger partial charge is 0.370 e. The Labute approximate surface area is 170 Å². The summed E-state index contributed by atoms with van der Waals surface area (Å²) in [6.45, 7) is 2.13. The number of fused-ring (bicyclic) bond motifs is 3. The van der Waals surface area contributed by atoms with E-state index in [0.717, 1.165) is 48.3 Å². The van der Waals surface area contributed by atoms with E-state index in [0.29, 0.717) is 17.8 Å². The molecule has 5 rings (SSSR count). The van der Waals surface area contributed by atoms with Crippen LogP contribution in [0.5, 0.6) is 0 Å². The summed E-state index contributed by atoms with van der Waals surface area (Å²) in [6.07, 6.45) is 5.93. The molecule has 4 heterocycles. The van der Waals surface area contributed by atoms with Crippen LogP contribution in [0.15, 0.2) is 18.2 Å². The minimum absolute atomic E-state index is 0.0368. The van der Waals surface area contributed by atoms with E-state index in [-0.39, 0.29) is 11.9 Å². The number of aromatic nitrogens is 2. The van der Waals surface area contributed by atoms with Crippen LogP contribution in [-0.4, -0.2) is 70.8 Å². The molecule has 1 aromatic carbocycles. The zero-order valence-corrected chi connectivity index (χ0v) is 17.3. The average Bonchev–Trinajstić information content (AvgIpc) is 3.13. The zero-order valence-electron chi connectivity index (χ0n) is 16.5. The van der Waals surface area contributed by atoms with Crippen molar-refractivity contribution in [1.29, 1.82) is 0 Å². The van der Waals surface area contributed by atoms with Crippen LogP contribution >= 0.6 is 11.8 Å². The minimum atomic E-state index is -0.0368. The normalized spacial score (nSPS) is 28.5. The lowest BCUT2D eigenvalue weighted by Crippen LogP contribution is -2.55. The molecule has 2 bridgehead atoms. The van der Waals surface area contributed by atoms with Crippen molar-refractivity contribution in [3.63, 3.8) is 0 Å². The van der Waals surface area contributed by atoms with E-state index in [2.05, 4.69) is 50.6 Å². The minimum Gasteiger partial charge on any atom is -0.370 e. The third kappa shape index (κ3) is 3.39. The van der Waals surface area contributed by atoms with Gasteiger partial charge in [0.1, 0.15) is 0 Å². The van der Waals surface area contributed by atoms with Crippen molar-refractivity contribution in [2.24, 2.45) is 0 Å². The highest BCUT2D eigenvalue weighted by atomic mass is 32.2. The summed E-state index contributed by atoms with van der Waals surface area (Å²) in [7, 11) is 2.24. The number of aromatic amines is 1. The Morgan fingerprint density at radius 3 is 2.71 bits per heavy atom. The van der Waals surface area contributed by atoms with Gasteiger partial charge in [-0.1, -0.05) is 6.42 Å². The third-order valence-corrected chi connectivity index (χ3v) is 7.76. The van der Waals surface area contributed by atoms with E-state index >= 15 is 0 Å². The summed E-state index contributed by atoms with van der Waals surface area (Å²) in [6, 6.07) is 7.79. The maximum absolute atomic E-state index is 13.1. The van der Waals surface area contributed by atoms with Crippen LogP contribution in [0.25, 0.3) is 10.9 Å². The fourth-order valence-electron chi connectivity index (χ4n) is 5.18. The molecule has 0 spiro atoms. The molecular formula is C21H29N5OS. The zero-order chi connectivity index (χ0) is 19.1. The predicted molar refractivity (Wildman–Crippen MR) is 115 cm³/mol. The van der Waals surface area contributed by atoms with E-state index in [4.69, 9.17) is 0 Å². The van der Waals surface area contributed by atoms with Crippen molar-refractivity contribution < 1.29 is 4.79 Å². The molecule has 3 aliphatic rings. The number of amides is 1. The molecule has 1 amide bonds. The van der Waals surface area contributed by atoms with Crippen LogP contribution in [-0.2, 0) is 0 Å². The number of nitrogens with zero attached hydrogens (tertiary/aromatic N) is 3. The third-order valence-electron chi connectivity index (χ3n) is 6.81. The molecule has 0 aliphatic carbocycles. The fraction of sp³-hybridized carbons (Fsp3) is 0.619. The molecule has 2 unspecified atom stereocenters. The number of thioether (sulfide) groups is 1. The Balaban J connectivity index is 1.34. The Morgan fingerprint density at radius 1 is 1.21 bits per heavy atom. The van der Waals surface area contributed by atoms with E-state index < -0.39 is 0 Å². The van der Waals surface area contributed by atoms with Crippen LogP contribution in [0.2, 0.25) is 0 Å². The van der Waals surface area contributed by atoms with Gasteiger partial charge in [0.25, 0.3) is 5.91 Å². The van der Waals surface area contributed by atoms with Gasteiger partial charge >= 0.3 is 0 Å². The van der Waals surface area contributed by atoms with Crippen LogP contribution in [0.1, 0.15) is 42.6 Å². The summed E-state index contributed by atoms with van der Waals surface area (Å²) >= 11 is 2.01. The highest BCUT2D eigenvalue weighted by Gasteiger charge is 2.36. The van der Waals surface area contributed by atoms with Gasteiger partial charge in [0, 0.05) is 53.8 Å². The van der Waals surface area contributed by atoms with Crippen LogP contribution in [0.3, 0.4) is 0 Å². The Hall–Kier alpha value is -1.73. The van der Waals surface area contributed by atoms with Crippen molar-refractivity contribution in [2.75, 3.05) is 36.5 Å². The molecule has 2 N–H and O–H groups in total. The van der Waals surface area contributed by atoms with Crippen LogP contribution < -0.4 is 10.2 Å². The van der Waals surface area contributed by atoms with Gasteiger partial charge in [0.15, 0.2) is 5.69 Å². The Kier molecular flexibility index (Phi) is 4.97. The monoisotopic (exact) mass is 399 g/mol. The lowest BCUT2D eigenvalue weighted by Gasteiger charge is -2.47. The quantitative estimate of drug-likeness (QED) is 0.831. The molecule has 3 fully saturated rings. The van der Waals surface area contributed by atoms with Crippen molar-refractivity contribution in [1.82, 2.24) is 20.4 Å². The molecule has 0 saturated carbocycles. The number of hydrogen-bond donors (Lipinski definition) is 2. The number of rotatable bonds is 3. The molecule has 7 heteroatoms. The van der Waals surface area contributed by atoms with E-state index in [9.17, 15) is 4.79 Å². The molecule has 1 aromatic heterocycles. The first-order valence-corrected chi connectivity index (χ1v) is 11.7. The Bertz CT molecular complexity index is 848. The van der Waals surface area contributed by atoms with Gasteiger partial charge in [-0.25, -0.2) is 0 Å². The second kappa shape index (κ2) is 7.59. The molecule has 28 heavy (non-hydrogen) atoms. The van der Waals surface area contributed by atoms with Crippen LogP contribution in [0.4, 0.5) is 5.69 Å². The van der Waals surface area contributed by atoms with Gasteiger partial charge in [-0.15, -0.1) is 0 Å². The highest BCUT2D eigenvalue weighted by molar-refractivity contribution is 7.99. The lowest BCUT2D eigenvalue weighted by atomic mass is 9.82. The summed E-state index contributed by atoms with van der Waals surface area (Å²) < 4.78 is 0. The van der Waals surface area contributed by atoms with Gasteiger partial charge in [-0.2, -0.15) is 16.9 Å². The average molecular weight is 400 g/mol. The number of benzene rings is 1. The first-order valence-electron chi connectivity index (χ1n) is 10.5. The maximum Gasteiger partial charge on any atom is 0.272 e. The molecular weight excluding hydrogens is 370 g/mol. The van der Waals surface area contributed by atoms with Crippen molar-refractivity contribution in [3.05, 3.63) is 23.9 Å². The number of hydrogen-bond acceptors (Lipinski definition) is 5.